The number of aryl methyl sites for hydroxylation is 1. The molecule has 4 aliphatic rings. The molecular formula is C59H80F2O12S3. The number of carbonyl (C=O) groups is 5. The van der Waals surface area contributed by atoms with Crippen LogP contribution in [0.3, 0.4) is 0 Å². The first-order valence-corrected chi connectivity index (χ1v) is 30.8. The summed E-state index contributed by atoms with van der Waals surface area (Å²) in [7, 11) is 2.76. The van der Waals surface area contributed by atoms with Gasteiger partial charge in [0.2, 0.25) is 0 Å². The van der Waals surface area contributed by atoms with Gasteiger partial charge in [-0.3, -0.25) is 14.4 Å². The van der Waals surface area contributed by atoms with Crippen molar-refractivity contribution in [1.82, 2.24) is 0 Å². The minimum Gasteiger partial charge on any atom is -0.433 e. The maximum atomic E-state index is 16.5. The number of halogens is 2. The van der Waals surface area contributed by atoms with Crippen molar-refractivity contribution in [2.75, 3.05) is 43.9 Å². The number of hydrogen-bond donors (Lipinski definition) is 2. The number of unbranched alkanes of at least 4 members (excludes halogenated alkanes) is 6. The molecule has 6 rings (SSSR count). The Balaban J connectivity index is 0.905. The van der Waals surface area contributed by atoms with Crippen molar-refractivity contribution in [1.29, 1.82) is 0 Å². The van der Waals surface area contributed by atoms with Crippen LogP contribution < -0.4 is 4.74 Å². The molecule has 2 aromatic carbocycles. The van der Waals surface area contributed by atoms with E-state index in [1.54, 1.807) is 31.2 Å². The van der Waals surface area contributed by atoms with Gasteiger partial charge in [-0.2, -0.15) is 0 Å². The molecule has 0 radical (unpaired) electrons. The fraction of sp³-hybridized carbons (Fsp3) is 0.644. The van der Waals surface area contributed by atoms with Crippen LogP contribution in [0.1, 0.15) is 147 Å². The van der Waals surface area contributed by atoms with Gasteiger partial charge in [0.05, 0.1) is 18.1 Å². The van der Waals surface area contributed by atoms with Crippen LogP contribution in [0.2, 0.25) is 0 Å². The molecular weight excluding hydrogens is 1030 g/mol. The highest BCUT2D eigenvalue weighted by atomic mass is 33.1. The number of allylic oxidation sites excluding steroid dienone is 4. The third-order valence-electron chi connectivity index (χ3n) is 17.4. The lowest BCUT2D eigenvalue weighted by atomic mass is 9.38. The molecule has 76 heavy (non-hydrogen) atoms. The Bertz CT molecular complexity index is 2340. The molecule has 0 saturated heterocycles. The summed E-state index contributed by atoms with van der Waals surface area (Å²) < 4.78 is 58.9. The molecule has 0 heterocycles. The standard InChI is InChI=1S/C59H80F2O12S3/c1-6-44(63)36-59(53(66)74-39-60)40(2)32-46-47-35-49(61)48-34-45(64)24-25-56(48,3)58(47,5)52(37-57(46,59)4)73-55(68)71-29-31-76-75-30-28-70-54(67)72-51-23-22-42(33-43(51)38-62)50(65)21-15-8-7-9-16-26-69-27-17-11-14-20-41-18-12-10-13-19-41/h10,12-13,18-19,22-25,33-34,40,46-47,49-50,52,62,65H,6-9,11,14-17,20-21,26-32,35-39H2,1-5H3/t40-,46+,47+,49+,50?,52+,56+,57+,58-,59-/m1/s1. The van der Waals surface area contributed by atoms with Crippen molar-refractivity contribution in [3.05, 3.63) is 89.0 Å². The van der Waals surface area contributed by atoms with Gasteiger partial charge < -0.3 is 33.9 Å². The normalized spacial score (nSPS) is 27.9. The quantitative estimate of drug-likeness (QED) is 0.0327. The smallest absolute Gasteiger partial charge is 0.433 e. The number of carbonyl (C=O) groups excluding carboxylic acids is 5. The summed E-state index contributed by atoms with van der Waals surface area (Å²) in [4.78, 5) is 66.5. The highest BCUT2D eigenvalue weighted by Gasteiger charge is 2.75. The lowest BCUT2D eigenvalue weighted by molar-refractivity contribution is -0.201. The van der Waals surface area contributed by atoms with E-state index in [0.717, 1.165) is 58.2 Å². The summed E-state index contributed by atoms with van der Waals surface area (Å²) in [6.45, 7) is 10.6. The van der Waals surface area contributed by atoms with E-state index in [0.29, 0.717) is 52.8 Å². The number of alkyl halides is 2. The summed E-state index contributed by atoms with van der Waals surface area (Å²) in [5, 5.41) is 20.5. The van der Waals surface area contributed by atoms with E-state index in [1.165, 1.54) is 52.1 Å². The Kier molecular flexibility index (Phi) is 23.4. The fourth-order valence-corrected chi connectivity index (χ4v) is 15.6. The molecule has 0 amide bonds. The van der Waals surface area contributed by atoms with Crippen molar-refractivity contribution in [3.63, 3.8) is 0 Å². The van der Waals surface area contributed by atoms with Crippen LogP contribution >= 0.6 is 33.3 Å². The first-order valence-electron chi connectivity index (χ1n) is 27.3. The first kappa shape index (κ1) is 61.5. The number of hydrogen-bond acceptors (Lipinski definition) is 15. The van der Waals surface area contributed by atoms with E-state index in [2.05, 4.69) is 24.3 Å². The second kappa shape index (κ2) is 28.9. The van der Waals surface area contributed by atoms with Gasteiger partial charge in [0.15, 0.2) is 10.9 Å². The van der Waals surface area contributed by atoms with Crippen LogP contribution in [0.5, 0.6) is 5.75 Å². The number of thioether (sulfide) groups is 1. The molecule has 3 fully saturated rings. The van der Waals surface area contributed by atoms with Crippen molar-refractivity contribution < 1.29 is 66.7 Å². The predicted octanol–water partition coefficient (Wildman–Crippen LogP) is 13.4. The van der Waals surface area contributed by atoms with Crippen LogP contribution in [0, 0.1) is 39.4 Å². The van der Waals surface area contributed by atoms with Gasteiger partial charge in [0, 0.05) is 54.0 Å². The van der Waals surface area contributed by atoms with E-state index in [4.69, 9.17) is 23.7 Å². The third kappa shape index (κ3) is 14.3. The maximum absolute atomic E-state index is 16.5. The predicted molar refractivity (Wildman–Crippen MR) is 295 cm³/mol. The largest absolute Gasteiger partial charge is 0.513 e. The minimum absolute atomic E-state index is 0.0136. The number of ketones is 2. The molecule has 3 saturated carbocycles. The van der Waals surface area contributed by atoms with E-state index in [9.17, 15) is 38.6 Å². The molecule has 12 nitrogen and oxygen atoms in total. The summed E-state index contributed by atoms with van der Waals surface area (Å²) in [5.41, 5.74) is -1.59. The SMILES string of the molecule is CCC(=O)C[C@]1(C(=O)SCF)[C@H](C)C[C@H]2[C@@H]3C[C@H](F)C4=CC(=O)C=C[C@]4(C)[C@@]3(C)[C@@H](OC(=O)OCCSSCCOC(=O)Oc3ccc(C(O)CCCCCCCOCCCCCc4ccccc4)cc3CO)C[C@@]21C. The number of aliphatic hydroxyl groups excluding tert-OH is 2. The van der Waals surface area contributed by atoms with Gasteiger partial charge in [0.1, 0.15) is 43.0 Å². The molecule has 0 aliphatic heterocycles. The van der Waals surface area contributed by atoms with Crippen molar-refractivity contribution in [2.45, 2.75) is 156 Å². The lowest BCUT2D eigenvalue weighted by Crippen LogP contribution is -2.66. The molecule has 2 N–H and O–H groups in total. The number of Topliss-reactive ketones (excluding diaryl/α,β-unsaturated/α-hetero) is 1. The molecule has 2 aromatic rings. The van der Waals surface area contributed by atoms with E-state index in [-0.39, 0.29) is 68.0 Å². The molecule has 1 unspecified atom stereocenters. The zero-order valence-corrected chi connectivity index (χ0v) is 47.5. The molecule has 0 spiro atoms. The van der Waals surface area contributed by atoms with Gasteiger partial charge in [0.25, 0.3) is 0 Å². The van der Waals surface area contributed by atoms with Gasteiger partial charge in [-0.25, -0.2) is 18.4 Å². The van der Waals surface area contributed by atoms with E-state index >= 15 is 4.39 Å². The van der Waals surface area contributed by atoms with Gasteiger partial charge in [-0.05, 0) is 116 Å². The number of ether oxygens (including phenoxy) is 5. The van der Waals surface area contributed by atoms with Crippen molar-refractivity contribution in [3.8, 4) is 5.75 Å². The topological polar surface area (TPSA) is 172 Å². The monoisotopic (exact) mass is 1110 g/mol. The van der Waals surface area contributed by atoms with Crippen molar-refractivity contribution in [2.24, 2.45) is 39.4 Å². The second-order valence-corrected chi connectivity index (χ2v) is 25.2. The first-order chi connectivity index (χ1) is 36.5. The lowest BCUT2D eigenvalue weighted by Gasteiger charge is -2.66. The summed E-state index contributed by atoms with van der Waals surface area (Å²) in [5.74, 6) is -0.675. The second-order valence-electron chi connectivity index (χ2n) is 21.6. The Labute approximate surface area is 460 Å². The molecule has 17 heteroatoms. The molecule has 10 atom stereocenters. The van der Waals surface area contributed by atoms with Gasteiger partial charge in [-0.15, -0.1) is 0 Å². The summed E-state index contributed by atoms with van der Waals surface area (Å²) in [6.07, 6.45) is 10.3. The van der Waals surface area contributed by atoms with Crippen LogP contribution in [-0.2, 0) is 46.4 Å². The zero-order valence-electron chi connectivity index (χ0n) is 45.0. The molecule has 0 aromatic heterocycles. The van der Waals surface area contributed by atoms with E-state index < -0.39 is 76.0 Å². The molecule has 0 bridgehead atoms. The van der Waals surface area contributed by atoms with Crippen molar-refractivity contribution >= 4 is 62.3 Å². The average molecular weight is 1120 g/mol. The highest BCUT2D eigenvalue weighted by Crippen LogP contribution is 2.76. The Hall–Kier alpha value is -3.74. The maximum Gasteiger partial charge on any atom is 0.513 e. The summed E-state index contributed by atoms with van der Waals surface area (Å²) >= 11 is 0.554. The van der Waals surface area contributed by atoms with Crippen LogP contribution in [0.25, 0.3) is 0 Å². The van der Waals surface area contributed by atoms with Crippen LogP contribution in [0.15, 0.2) is 72.3 Å². The average Bonchev–Trinajstić information content (AvgIpc) is 3.74. The minimum atomic E-state index is -1.47. The molecule has 4 aliphatic carbocycles. The van der Waals surface area contributed by atoms with Crippen LogP contribution in [-0.4, -0.2) is 95.4 Å². The number of benzene rings is 2. The van der Waals surface area contributed by atoms with Gasteiger partial charge >= 0.3 is 12.3 Å². The Morgan fingerprint density at radius 3 is 2.20 bits per heavy atom. The third-order valence-corrected chi connectivity index (χ3v) is 20.5. The number of aliphatic hydroxyl groups is 2. The van der Waals surface area contributed by atoms with E-state index in [1.807, 2.05) is 33.8 Å². The van der Waals surface area contributed by atoms with Gasteiger partial charge in [-0.1, -0.05) is 143 Å². The zero-order chi connectivity index (χ0) is 54.9. The number of fused-ring (bicyclic) bond motifs is 5. The highest BCUT2D eigenvalue weighted by molar-refractivity contribution is 8.76. The van der Waals surface area contributed by atoms with Crippen LogP contribution in [0.4, 0.5) is 18.4 Å². The fourth-order valence-electron chi connectivity index (χ4n) is 13.1. The number of rotatable bonds is 30. The Morgan fingerprint density at radius 2 is 1.51 bits per heavy atom. The summed E-state index contributed by atoms with van der Waals surface area (Å²) in [6, 6.07) is 14.4. The Morgan fingerprint density at radius 1 is 0.842 bits per heavy atom. The molecule has 420 valence electrons.